The Morgan fingerprint density at radius 2 is 2.00 bits per heavy atom. The number of aromatic nitrogens is 1. The van der Waals surface area contributed by atoms with Crippen LogP contribution in [0.15, 0.2) is 54.7 Å². The van der Waals surface area contributed by atoms with Gasteiger partial charge in [-0.05, 0) is 37.7 Å². The lowest BCUT2D eigenvalue weighted by atomic mass is 10.1. The van der Waals surface area contributed by atoms with Crippen molar-refractivity contribution in [3.63, 3.8) is 0 Å². The Bertz CT molecular complexity index is 767. The molecule has 2 heterocycles. The first-order valence-electron chi connectivity index (χ1n) is 9.79. The van der Waals surface area contributed by atoms with E-state index in [1.54, 1.807) is 11.1 Å². The number of carbonyl (C=O) groups is 2. The molecule has 1 N–H and O–H groups in total. The van der Waals surface area contributed by atoms with E-state index >= 15 is 0 Å². The predicted octanol–water partition coefficient (Wildman–Crippen LogP) is 2.07. The fourth-order valence-electron chi connectivity index (χ4n) is 3.47. The molecule has 148 valence electrons. The summed E-state index contributed by atoms with van der Waals surface area (Å²) >= 11 is 0. The number of carbonyl (C=O) groups excluding carboxylic acids is 2. The molecule has 1 aromatic carbocycles. The first kappa shape index (κ1) is 20.0. The number of nitrogens with zero attached hydrogens (tertiary/aromatic N) is 3. The van der Waals surface area contributed by atoms with Crippen LogP contribution < -0.4 is 5.32 Å². The molecular formula is C22H28N4O2. The number of amides is 2. The standard InChI is InChI=1S/C22H28N4O2/c1-25(15-18-8-3-2-4-9-18)13-7-12-24-22(28)19-14-21(27)26(16-19)17-20-10-5-6-11-23-20/h2-6,8-11,19H,7,12-17H2,1H3,(H,24,28)/t19-/m0/s1. The maximum Gasteiger partial charge on any atom is 0.225 e. The molecule has 2 aromatic rings. The van der Waals surface area contributed by atoms with E-state index in [-0.39, 0.29) is 24.2 Å². The molecule has 1 aliphatic heterocycles. The minimum atomic E-state index is -0.265. The molecule has 0 saturated carbocycles. The van der Waals surface area contributed by atoms with Gasteiger partial charge in [-0.15, -0.1) is 0 Å². The zero-order valence-corrected chi connectivity index (χ0v) is 16.4. The molecule has 0 bridgehead atoms. The number of nitrogens with one attached hydrogen (secondary N) is 1. The van der Waals surface area contributed by atoms with Gasteiger partial charge in [0.15, 0.2) is 0 Å². The van der Waals surface area contributed by atoms with Gasteiger partial charge >= 0.3 is 0 Å². The van der Waals surface area contributed by atoms with E-state index in [2.05, 4.69) is 34.4 Å². The fourth-order valence-corrected chi connectivity index (χ4v) is 3.47. The molecule has 1 aromatic heterocycles. The minimum absolute atomic E-state index is 0.0217. The number of likely N-dealkylation sites (tertiary alicyclic amines) is 1. The Morgan fingerprint density at radius 3 is 2.75 bits per heavy atom. The van der Waals surface area contributed by atoms with E-state index in [1.807, 2.05) is 36.4 Å². The summed E-state index contributed by atoms with van der Waals surface area (Å²) in [6.45, 7) is 3.37. The highest BCUT2D eigenvalue weighted by Gasteiger charge is 2.34. The van der Waals surface area contributed by atoms with Crippen molar-refractivity contribution in [2.24, 2.45) is 5.92 Å². The lowest BCUT2D eigenvalue weighted by molar-refractivity contribution is -0.129. The second-order valence-corrected chi connectivity index (χ2v) is 7.36. The summed E-state index contributed by atoms with van der Waals surface area (Å²) in [6.07, 6.45) is 2.88. The van der Waals surface area contributed by atoms with E-state index in [0.717, 1.165) is 25.2 Å². The van der Waals surface area contributed by atoms with Crippen molar-refractivity contribution in [3.05, 3.63) is 66.0 Å². The van der Waals surface area contributed by atoms with Gasteiger partial charge in [-0.1, -0.05) is 36.4 Å². The SMILES string of the molecule is CN(CCCNC(=O)[C@H]1CC(=O)N(Cc2ccccn2)C1)Cc1ccccc1. The number of pyridine rings is 1. The van der Waals surface area contributed by atoms with Gasteiger partial charge < -0.3 is 15.1 Å². The van der Waals surface area contributed by atoms with Gasteiger partial charge in [-0.3, -0.25) is 14.6 Å². The average Bonchev–Trinajstić information content (AvgIpc) is 3.07. The average molecular weight is 380 g/mol. The third-order valence-electron chi connectivity index (χ3n) is 4.98. The van der Waals surface area contributed by atoms with Crippen LogP contribution in [0.5, 0.6) is 0 Å². The molecule has 1 fully saturated rings. The Hall–Kier alpha value is -2.73. The van der Waals surface area contributed by atoms with Gasteiger partial charge in [-0.25, -0.2) is 0 Å². The van der Waals surface area contributed by atoms with Crippen molar-refractivity contribution in [2.45, 2.75) is 25.9 Å². The maximum absolute atomic E-state index is 12.4. The summed E-state index contributed by atoms with van der Waals surface area (Å²) in [7, 11) is 2.08. The zero-order chi connectivity index (χ0) is 19.8. The molecular weight excluding hydrogens is 352 g/mol. The molecule has 6 nitrogen and oxygen atoms in total. The van der Waals surface area contributed by atoms with Crippen LogP contribution in [0.25, 0.3) is 0 Å². The van der Waals surface area contributed by atoms with Crippen LogP contribution in [-0.2, 0) is 22.7 Å². The summed E-state index contributed by atoms with van der Waals surface area (Å²) in [6, 6.07) is 16.0. The van der Waals surface area contributed by atoms with Crippen molar-refractivity contribution < 1.29 is 9.59 Å². The highest BCUT2D eigenvalue weighted by Crippen LogP contribution is 2.19. The van der Waals surface area contributed by atoms with Crippen LogP contribution in [-0.4, -0.2) is 53.3 Å². The minimum Gasteiger partial charge on any atom is -0.356 e. The molecule has 6 heteroatoms. The Balaban J connectivity index is 1.35. The quantitative estimate of drug-likeness (QED) is 0.677. The molecule has 2 amide bonds. The van der Waals surface area contributed by atoms with E-state index < -0.39 is 0 Å². The number of rotatable bonds is 9. The summed E-state index contributed by atoms with van der Waals surface area (Å²) < 4.78 is 0. The third-order valence-corrected chi connectivity index (χ3v) is 4.98. The van der Waals surface area contributed by atoms with E-state index in [9.17, 15) is 9.59 Å². The molecule has 0 spiro atoms. The van der Waals surface area contributed by atoms with Gasteiger partial charge in [0, 0.05) is 32.3 Å². The molecule has 28 heavy (non-hydrogen) atoms. The van der Waals surface area contributed by atoms with Crippen molar-refractivity contribution in [1.29, 1.82) is 0 Å². The lowest BCUT2D eigenvalue weighted by Gasteiger charge is -2.18. The van der Waals surface area contributed by atoms with Crippen molar-refractivity contribution in [1.82, 2.24) is 20.1 Å². The molecule has 0 aliphatic carbocycles. The largest absolute Gasteiger partial charge is 0.356 e. The van der Waals surface area contributed by atoms with Crippen molar-refractivity contribution in [2.75, 3.05) is 26.7 Å². The van der Waals surface area contributed by atoms with Gasteiger partial charge in [0.1, 0.15) is 0 Å². The van der Waals surface area contributed by atoms with E-state index in [4.69, 9.17) is 0 Å². The summed E-state index contributed by atoms with van der Waals surface area (Å²) in [5.74, 6) is -0.269. The smallest absolute Gasteiger partial charge is 0.225 e. The van der Waals surface area contributed by atoms with Crippen LogP contribution in [0.2, 0.25) is 0 Å². The second-order valence-electron chi connectivity index (χ2n) is 7.36. The maximum atomic E-state index is 12.4. The van der Waals surface area contributed by atoms with Gasteiger partial charge in [-0.2, -0.15) is 0 Å². The first-order chi connectivity index (χ1) is 13.6. The number of hydrogen-bond acceptors (Lipinski definition) is 4. The summed E-state index contributed by atoms with van der Waals surface area (Å²) in [5.41, 5.74) is 2.13. The predicted molar refractivity (Wildman–Crippen MR) is 108 cm³/mol. The first-order valence-corrected chi connectivity index (χ1v) is 9.79. The van der Waals surface area contributed by atoms with Crippen LogP contribution in [0.1, 0.15) is 24.1 Å². The fraction of sp³-hybridized carbons (Fsp3) is 0.409. The highest BCUT2D eigenvalue weighted by molar-refractivity contribution is 5.89. The lowest BCUT2D eigenvalue weighted by Crippen LogP contribution is -2.34. The monoisotopic (exact) mass is 380 g/mol. The number of hydrogen-bond donors (Lipinski definition) is 1. The topological polar surface area (TPSA) is 65.5 Å². The third kappa shape index (κ3) is 5.89. The van der Waals surface area contributed by atoms with E-state index in [1.165, 1.54) is 5.56 Å². The Morgan fingerprint density at radius 1 is 1.21 bits per heavy atom. The second kappa shape index (κ2) is 9.99. The molecule has 0 radical (unpaired) electrons. The van der Waals surface area contributed by atoms with Crippen LogP contribution in [0.3, 0.4) is 0 Å². The van der Waals surface area contributed by atoms with Gasteiger partial charge in [0.25, 0.3) is 0 Å². The highest BCUT2D eigenvalue weighted by atomic mass is 16.2. The Labute approximate surface area is 166 Å². The molecule has 1 saturated heterocycles. The molecule has 1 atom stereocenters. The van der Waals surface area contributed by atoms with Crippen molar-refractivity contribution in [3.8, 4) is 0 Å². The van der Waals surface area contributed by atoms with Gasteiger partial charge in [0.05, 0.1) is 18.2 Å². The van der Waals surface area contributed by atoms with Crippen LogP contribution in [0.4, 0.5) is 0 Å². The molecule has 0 unspecified atom stereocenters. The molecule has 3 rings (SSSR count). The van der Waals surface area contributed by atoms with Crippen molar-refractivity contribution >= 4 is 11.8 Å². The van der Waals surface area contributed by atoms with Crippen LogP contribution in [0, 0.1) is 5.92 Å². The Kier molecular flexibility index (Phi) is 7.14. The normalized spacial score (nSPS) is 16.6. The van der Waals surface area contributed by atoms with Crippen LogP contribution >= 0.6 is 0 Å². The summed E-state index contributed by atoms with van der Waals surface area (Å²) in [5, 5.41) is 2.99. The number of benzene rings is 1. The zero-order valence-electron chi connectivity index (χ0n) is 16.4. The van der Waals surface area contributed by atoms with E-state index in [0.29, 0.717) is 19.6 Å². The van der Waals surface area contributed by atoms with Gasteiger partial charge in [0.2, 0.25) is 11.8 Å². The molecule has 1 aliphatic rings. The summed E-state index contributed by atoms with van der Waals surface area (Å²) in [4.78, 5) is 32.8.